The molecule has 1 aliphatic heterocycles. The fourth-order valence-corrected chi connectivity index (χ4v) is 3.23. The zero-order chi connectivity index (χ0) is 20.1. The maximum absolute atomic E-state index is 12.7. The van der Waals surface area contributed by atoms with Gasteiger partial charge in [-0.25, -0.2) is 4.79 Å². The lowest BCUT2D eigenvalue weighted by molar-refractivity contribution is -0.129. The van der Waals surface area contributed by atoms with Crippen molar-refractivity contribution in [3.63, 3.8) is 0 Å². The molecule has 0 bridgehead atoms. The highest BCUT2D eigenvalue weighted by atomic mass is 16.5. The van der Waals surface area contributed by atoms with Crippen molar-refractivity contribution in [1.29, 1.82) is 0 Å². The number of amides is 4. The number of methoxy groups -OCH3 is 1. The number of urea groups is 1. The Morgan fingerprint density at radius 2 is 1.82 bits per heavy atom. The molecule has 2 N–H and O–H groups in total. The molecule has 0 saturated carbocycles. The van der Waals surface area contributed by atoms with Crippen LogP contribution in [0.15, 0.2) is 54.6 Å². The van der Waals surface area contributed by atoms with Gasteiger partial charge >= 0.3 is 6.03 Å². The van der Waals surface area contributed by atoms with E-state index in [1.165, 1.54) is 12.0 Å². The highest BCUT2D eigenvalue weighted by Gasteiger charge is 2.40. The Balaban J connectivity index is 1.59. The van der Waals surface area contributed by atoms with E-state index in [0.717, 1.165) is 5.56 Å². The number of rotatable bonds is 7. The number of hydrogen-bond acceptors (Lipinski definition) is 4. The second kappa shape index (κ2) is 8.56. The average Bonchev–Trinajstić information content (AvgIpc) is 3.00. The molecule has 1 aliphatic rings. The quantitative estimate of drug-likeness (QED) is 0.722. The van der Waals surface area contributed by atoms with Gasteiger partial charge in [-0.05, 0) is 31.0 Å². The van der Waals surface area contributed by atoms with Crippen molar-refractivity contribution >= 4 is 23.5 Å². The van der Waals surface area contributed by atoms with Crippen LogP contribution >= 0.6 is 0 Å². The number of benzene rings is 2. The molecule has 7 heteroatoms. The van der Waals surface area contributed by atoms with Crippen LogP contribution in [0.25, 0.3) is 0 Å². The van der Waals surface area contributed by atoms with E-state index in [9.17, 15) is 14.4 Å². The van der Waals surface area contributed by atoms with Crippen LogP contribution in [0.3, 0.4) is 0 Å². The standard InChI is InChI=1S/C21H23N3O4/c1-14(15-8-4-3-5-9-15)24-20(26)17(23-21(24)27)12-13-19(25)22-16-10-6-7-11-18(16)28-2/h3-11,14,17H,12-13H2,1-2H3,(H,22,25)(H,23,27)/t14-,17+/m1/s1. The lowest BCUT2D eigenvalue weighted by atomic mass is 10.1. The normalized spacial score (nSPS) is 17.2. The van der Waals surface area contributed by atoms with Crippen LogP contribution in [0, 0.1) is 0 Å². The Kier molecular flexibility index (Phi) is 5.93. The van der Waals surface area contributed by atoms with E-state index in [1.807, 2.05) is 43.3 Å². The summed E-state index contributed by atoms with van der Waals surface area (Å²) in [7, 11) is 1.53. The number of carbonyl (C=O) groups excluding carboxylic acids is 3. The van der Waals surface area contributed by atoms with E-state index in [2.05, 4.69) is 10.6 Å². The lowest BCUT2D eigenvalue weighted by Crippen LogP contribution is -2.34. The van der Waals surface area contributed by atoms with Gasteiger partial charge in [0.15, 0.2) is 0 Å². The van der Waals surface area contributed by atoms with Gasteiger partial charge in [-0.1, -0.05) is 42.5 Å². The van der Waals surface area contributed by atoms with E-state index >= 15 is 0 Å². The predicted molar refractivity (Wildman–Crippen MR) is 105 cm³/mol. The lowest BCUT2D eigenvalue weighted by Gasteiger charge is -2.21. The van der Waals surface area contributed by atoms with Crippen LogP contribution in [-0.2, 0) is 9.59 Å². The summed E-state index contributed by atoms with van der Waals surface area (Å²) in [6.07, 6.45) is 0.325. The van der Waals surface area contributed by atoms with E-state index < -0.39 is 12.1 Å². The molecule has 0 radical (unpaired) electrons. The molecule has 0 aliphatic carbocycles. The number of imide groups is 1. The minimum absolute atomic E-state index is 0.0995. The summed E-state index contributed by atoms with van der Waals surface area (Å²) < 4.78 is 5.21. The molecular formula is C21H23N3O4. The Bertz CT molecular complexity index is 869. The van der Waals surface area contributed by atoms with Gasteiger partial charge < -0.3 is 15.4 Å². The summed E-state index contributed by atoms with van der Waals surface area (Å²) in [5, 5.41) is 5.45. The van der Waals surface area contributed by atoms with E-state index in [-0.39, 0.29) is 30.7 Å². The molecule has 0 spiro atoms. The van der Waals surface area contributed by atoms with Crippen LogP contribution in [0.1, 0.15) is 31.4 Å². The number of carbonyl (C=O) groups is 3. The molecule has 4 amide bonds. The largest absolute Gasteiger partial charge is 0.495 e. The second-order valence-electron chi connectivity index (χ2n) is 6.58. The smallest absolute Gasteiger partial charge is 0.325 e. The first-order valence-corrected chi connectivity index (χ1v) is 9.12. The van der Waals surface area contributed by atoms with E-state index in [1.54, 1.807) is 18.2 Å². The first kappa shape index (κ1) is 19.4. The monoisotopic (exact) mass is 381 g/mol. The van der Waals surface area contributed by atoms with Crippen molar-refractivity contribution in [3.05, 3.63) is 60.2 Å². The SMILES string of the molecule is COc1ccccc1NC(=O)CC[C@@H]1NC(=O)N([C@H](C)c2ccccc2)C1=O. The molecular weight excluding hydrogens is 358 g/mol. The molecule has 1 heterocycles. The fraction of sp³-hybridized carbons (Fsp3) is 0.286. The molecule has 0 unspecified atom stereocenters. The number of hydrogen-bond donors (Lipinski definition) is 2. The molecule has 3 rings (SSSR count). The van der Waals surface area contributed by atoms with Gasteiger partial charge in [-0.15, -0.1) is 0 Å². The van der Waals surface area contributed by atoms with Gasteiger partial charge in [-0.2, -0.15) is 0 Å². The van der Waals surface area contributed by atoms with E-state index in [4.69, 9.17) is 4.74 Å². The number of anilines is 1. The summed E-state index contributed by atoms with van der Waals surface area (Å²) in [6, 6.07) is 14.9. The summed E-state index contributed by atoms with van der Waals surface area (Å²) in [6.45, 7) is 1.81. The molecule has 0 aromatic heterocycles. The topological polar surface area (TPSA) is 87.7 Å². The van der Waals surface area contributed by atoms with Crippen molar-refractivity contribution in [1.82, 2.24) is 10.2 Å². The van der Waals surface area contributed by atoms with Crippen LogP contribution < -0.4 is 15.4 Å². The third-order valence-corrected chi connectivity index (χ3v) is 4.76. The fourth-order valence-electron chi connectivity index (χ4n) is 3.23. The molecule has 2 aromatic rings. The van der Waals surface area contributed by atoms with Crippen LogP contribution in [-0.4, -0.2) is 35.9 Å². The van der Waals surface area contributed by atoms with Gasteiger partial charge in [-0.3, -0.25) is 14.5 Å². The van der Waals surface area contributed by atoms with Gasteiger partial charge in [0.2, 0.25) is 5.91 Å². The zero-order valence-corrected chi connectivity index (χ0v) is 15.8. The molecule has 28 heavy (non-hydrogen) atoms. The third kappa shape index (κ3) is 4.14. The maximum Gasteiger partial charge on any atom is 0.325 e. The number of ether oxygens (including phenoxy) is 1. The predicted octanol–water partition coefficient (Wildman–Crippen LogP) is 3.10. The van der Waals surface area contributed by atoms with Crippen molar-refractivity contribution < 1.29 is 19.1 Å². The van der Waals surface area contributed by atoms with Gasteiger partial charge in [0.05, 0.1) is 18.8 Å². The molecule has 2 atom stereocenters. The Hall–Kier alpha value is -3.35. The van der Waals surface area contributed by atoms with Gasteiger partial charge in [0.25, 0.3) is 5.91 Å². The minimum atomic E-state index is -0.706. The number of nitrogens with zero attached hydrogens (tertiary/aromatic N) is 1. The van der Waals surface area contributed by atoms with Crippen molar-refractivity contribution in [2.75, 3.05) is 12.4 Å². The van der Waals surface area contributed by atoms with Crippen molar-refractivity contribution in [3.8, 4) is 5.75 Å². The summed E-state index contributed by atoms with van der Waals surface area (Å²) in [5.41, 5.74) is 1.44. The van der Waals surface area contributed by atoms with Crippen molar-refractivity contribution in [2.45, 2.75) is 31.8 Å². The first-order chi connectivity index (χ1) is 13.5. The van der Waals surface area contributed by atoms with Crippen LogP contribution in [0.5, 0.6) is 5.75 Å². The molecule has 1 fully saturated rings. The highest BCUT2D eigenvalue weighted by Crippen LogP contribution is 2.26. The molecule has 2 aromatic carbocycles. The number of para-hydroxylation sites is 2. The van der Waals surface area contributed by atoms with Gasteiger partial charge in [0.1, 0.15) is 11.8 Å². The Morgan fingerprint density at radius 3 is 2.54 bits per heavy atom. The Morgan fingerprint density at radius 1 is 1.14 bits per heavy atom. The molecule has 146 valence electrons. The summed E-state index contributed by atoms with van der Waals surface area (Å²) in [4.78, 5) is 38.5. The molecule has 1 saturated heterocycles. The van der Waals surface area contributed by atoms with Crippen LogP contribution in [0.2, 0.25) is 0 Å². The summed E-state index contributed by atoms with van der Waals surface area (Å²) in [5.74, 6) is -0.00323. The highest BCUT2D eigenvalue weighted by molar-refractivity contribution is 6.05. The van der Waals surface area contributed by atoms with Gasteiger partial charge in [0, 0.05) is 6.42 Å². The summed E-state index contributed by atoms with van der Waals surface area (Å²) >= 11 is 0. The van der Waals surface area contributed by atoms with E-state index in [0.29, 0.717) is 11.4 Å². The number of nitrogens with one attached hydrogen (secondary N) is 2. The minimum Gasteiger partial charge on any atom is -0.495 e. The second-order valence-corrected chi connectivity index (χ2v) is 6.58. The van der Waals surface area contributed by atoms with Crippen molar-refractivity contribution in [2.24, 2.45) is 0 Å². The maximum atomic E-state index is 12.7. The molecule has 7 nitrogen and oxygen atoms in total. The average molecular weight is 381 g/mol. The third-order valence-electron chi connectivity index (χ3n) is 4.76. The Labute approximate surface area is 163 Å². The van der Waals surface area contributed by atoms with Crippen LogP contribution in [0.4, 0.5) is 10.5 Å². The zero-order valence-electron chi connectivity index (χ0n) is 15.8. The first-order valence-electron chi connectivity index (χ1n) is 9.12.